The third kappa shape index (κ3) is 8.70. The zero-order valence-electron chi connectivity index (χ0n) is 10.2. The predicted octanol–water partition coefficient (Wildman–Crippen LogP) is 2.09. The largest absolute Gasteiger partial charge is 0.352 e. The number of hydrogen-bond donors (Lipinski definition) is 2. The molecular formula is C11H25ClN2O. The highest BCUT2D eigenvalue weighted by atomic mass is 35.5. The van der Waals surface area contributed by atoms with Crippen LogP contribution in [0.2, 0.25) is 0 Å². The van der Waals surface area contributed by atoms with Gasteiger partial charge in [-0.3, -0.25) is 4.79 Å². The van der Waals surface area contributed by atoms with E-state index in [2.05, 4.69) is 19.2 Å². The van der Waals surface area contributed by atoms with E-state index in [9.17, 15) is 4.79 Å². The Hall–Kier alpha value is -0.280. The van der Waals surface area contributed by atoms with E-state index < -0.39 is 0 Å². The third-order valence-corrected chi connectivity index (χ3v) is 2.15. The molecule has 0 aliphatic heterocycles. The van der Waals surface area contributed by atoms with E-state index in [4.69, 9.17) is 5.73 Å². The lowest BCUT2D eigenvalue weighted by atomic mass is 10.0. The molecule has 0 spiro atoms. The number of nitrogens with two attached hydrogens (primary N) is 1. The number of hydrogen-bond acceptors (Lipinski definition) is 2. The fourth-order valence-electron chi connectivity index (χ4n) is 1.56. The molecular weight excluding hydrogens is 212 g/mol. The van der Waals surface area contributed by atoms with Crippen LogP contribution in [-0.2, 0) is 4.79 Å². The highest BCUT2D eigenvalue weighted by Gasteiger charge is 2.14. The van der Waals surface area contributed by atoms with Crippen molar-refractivity contribution in [1.29, 1.82) is 0 Å². The fraction of sp³-hybridized carbons (Fsp3) is 0.909. The van der Waals surface area contributed by atoms with Crippen LogP contribution in [0.3, 0.4) is 0 Å². The van der Waals surface area contributed by atoms with Crippen molar-refractivity contribution in [1.82, 2.24) is 5.32 Å². The Labute approximate surface area is 99.6 Å². The topological polar surface area (TPSA) is 55.1 Å². The number of carbonyl (C=O) groups is 1. The van der Waals surface area contributed by atoms with E-state index in [-0.39, 0.29) is 30.4 Å². The monoisotopic (exact) mass is 236 g/mol. The number of carbonyl (C=O) groups excluding carboxylic acids is 1. The maximum absolute atomic E-state index is 11.5. The van der Waals surface area contributed by atoms with Gasteiger partial charge in [0.15, 0.2) is 0 Å². The second kappa shape index (κ2) is 8.98. The first-order chi connectivity index (χ1) is 6.47. The van der Waals surface area contributed by atoms with Crippen LogP contribution in [0.25, 0.3) is 0 Å². The minimum absolute atomic E-state index is 0. The van der Waals surface area contributed by atoms with Gasteiger partial charge in [-0.25, -0.2) is 0 Å². The molecule has 0 fully saturated rings. The van der Waals surface area contributed by atoms with Crippen molar-refractivity contribution in [3.8, 4) is 0 Å². The van der Waals surface area contributed by atoms with Crippen LogP contribution in [0, 0.1) is 5.92 Å². The Bertz CT molecular complexity index is 174. The average Bonchev–Trinajstić information content (AvgIpc) is 2.02. The van der Waals surface area contributed by atoms with Gasteiger partial charge in [-0.1, -0.05) is 27.2 Å². The normalized spacial score (nSPS) is 14.3. The van der Waals surface area contributed by atoms with E-state index >= 15 is 0 Å². The molecule has 0 radical (unpaired) electrons. The van der Waals surface area contributed by atoms with Crippen LogP contribution < -0.4 is 11.1 Å². The van der Waals surface area contributed by atoms with E-state index in [1.807, 2.05) is 13.8 Å². The molecule has 0 aromatic carbocycles. The van der Waals surface area contributed by atoms with Gasteiger partial charge >= 0.3 is 0 Å². The molecule has 0 saturated carbocycles. The number of nitrogens with one attached hydrogen (secondary N) is 1. The van der Waals surface area contributed by atoms with Crippen LogP contribution in [0.15, 0.2) is 0 Å². The maximum atomic E-state index is 11.5. The zero-order valence-corrected chi connectivity index (χ0v) is 11.1. The number of halogens is 1. The molecule has 0 saturated heterocycles. The average molecular weight is 237 g/mol. The molecule has 2 unspecified atom stereocenters. The molecule has 92 valence electrons. The maximum Gasteiger partial charge on any atom is 0.237 e. The van der Waals surface area contributed by atoms with Gasteiger partial charge in [-0.05, 0) is 25.7 Å². The van der Waals surface area contributed by atoms with Crippen molar-refractivity contribution in [2.75, 3.05) is 0 Å². The zero-order chi connectivity index (χ0) is 11.1. The number of amides is 1. The molecule has 1 amide bonds. The first kappa shape index (κ1) is 17.1. The van der Waals surface area contributed by atoms with Crippen LogP contribution in [-0.4, -0.2) is 18.0 Å². The first-order valence-electron chi connectivity index (χ1n) is 5.53. The van der Waals surface area contributed by atoms with Gasteiger partial charge in [-0.2, -0.15) is 0 Å². The summed E-state index contributed by atoms with van der Waals surface area (Å²) in [6.45, 7) is 8.35. The molecule has 15 heavy (non-hydrogen) atoms. The van der Waals surface area contributed by atoms with Gasteiger partial charge in [0.1, 0.15) is 0 Å². The van der Waals surface area contributed by atoms with Gasteiger partial charge < -0.3 is 11.1 Å². The van der Waals surface area contributed by atoms with Gasteiger partial charge in [0, 0.05) is 6.04 Å². The second-order valence-corrected chi connectivity index (χ2v) is 4.43. The van der Waals surface area contributed by atoms with E-state index in [1.165, 1.54) is 0 Å². The van der Waals surface area contributed by atoms with Crippen molar-refractivity contribution in [2.24, 2.45) is 11.7 Å². The van der Waals surface area contributed by atoms with E-state index in [1.54, 1.807) is 0 Å². The fourth-order valence-corrected chi connectivity index (χ4v) is 1.56. The molecule has 0 rings (SSSR count). The lowest BCUT2D eigenvalue weighted by Crippen LogP contribution is -2.44. The summed E-state index contributed by atoms with van der Waals surface area (Å²) in [6.07, 6.45) is 2.72. The predicted molar refractivity (Wildman–Crippen MR) is 67.2 cm³/mol. The van der Waals surface area contributed by atoms with E-state index in [0.29, 0.717) is 5.92 Å². The summed E-state index contributed by atoms with van der Waals surface area (Å²) in [5.74, 6) is 0.590. The molecule has 0 bridgehead atoms. The Morgan fingerprint density at radius 3 is 2.27 bits per heavy atom. The van der Waals surface area contributed by atoms with Crippen molar-refractivity contribution in [2.45, 2.75) is 59.0 Å². The lowest BCUT2D eigenvalue weighted by Gasteiger charge is -2.18. The highest BCUT2D eigenvalue weighted by Crippen LogP contribution is 2.04. The van der Waals surface area contributed by atoms with Crippen LogP contribution in [0.1, 0.15) is 47.0 Å². The standard InChI is InChI=1S/C11H24N2O.ClH/c1-5-6-10(12)11(14)13-9(4)7-8(2)3;/h8-10H,5-7,12H2,1-4H3,(H,13,14);1H. The first-order valence-corrected chi connectivity index (χ1v) is 5.53. The van der Waals surface area contributed by atoms with E-state index in [0.717, 1.165) is 19.3 Å². The minimum Gasteiger partial charge on any atom is -0.352 e. The Morgan fingerprint density at radius 2 is 1.87 bits per heavy atom. The smallest absolute Gasteiger partial charge is 0.237 e. The summed E-state index contributed by atoms with van der Waals surface area (Å²) in [6, 6.07) is -0.111. The highest BCUT2D eigenvalue weighted by molar-refractivity contribution is 5.85. The molecule has 0 aromatic rings. The molecule has 0 aliphatic rings. The van der Waals surface area contributed by atoms with Crippen molar-refractivity contribution in [3.05, 3.63) is 0 Å². The molecule has 3 N–H and O–H groups in total. The van der Waals surface area contributed by atoms with Crippen LogP contribution in [0.4, 0.5) is 0 Å². The summed E-state index contributed by atoms with van der Waals surface area (Å²) in [5.41, 5.74) is 5.69. The van der Waals surface area contributed by atoms with Crippen molar-refractivity contribution < 1.29 is 4.79 Å². The van der Waals surface area contributed by atoms with Gasteiger partial charge in [0.05, 0.1) is 6.04 Å². The molecule has 0 aliphatic carbocycles. The quantitative estimate of drug-likeness (QED) is 0.742. The molecule has 4 heteroatoms. The molecule has 0 heterocycles. The molecule has 0 aromatic heterocycles. The van der Waals surface area contributed by atoms with Crippen molar-refractivity contribution in [3.63, 3.8) is 0 Å². The summed E-state index contributed by atoms with van der Waals surface area (Å²) < 4.78 is 0. The number of rotatable bonds is 6. The van der Waals surface area contributed by atoms with Gasteiger partial charge in [0.2, 0.25) is 5.91 Å². The van der Waals surface area contributed by atoms with Crippen LogP contribution >= 0.6 is 12.4 Å². The molecule has 3 nitrogen and oxygen atoms in total. The lowest BCUT2D eigenvalue weighted by molar-refractivity contribution is -0.123. The Kier molecular flexibility index (Phi) is 10.3. The minimum atomic E-state index is -0.338. The molecule has 2 atom stereocenters. The van der Waals surface area contributed by atoms with Crippen LogP contribution in [0.5, 0.6) is 0 Å². The van der Waals surface area contributed by atoms with Gasteiger partial charge in [0.25, 0.3) is 0 Å². The Balaban J connectivity index is 0. The summed E-state index contributed by atoms with van der Waals surface area (Å²) in [7, 11) is 0. The Morgan fingerprint density at radius 1 is 1.33 bits per heavy atom. The van der Waals surface area contributed by atoms with Crippen molar-refractivity contribution >= 4 is 18.3 Å². The summed E-state index contributed by atoms with van der Waals surface area (Å²) in [4.78, 5) is 11.5. The third-order valence-electron chi connectivity index (χ3n) is 2.15. The SMILES string of the molecule is CCCC(N)C(=O)NC(C)CC(C)C.Cl. The second-order valence-electron chi connectivity index (χ2n) is 4.43. The summed E-state index contributed by atoms with van der Waals surface area (Å²) in [5, 5.41) is 2.93. The summed E-state index contributed by atoms with van der Waals surface area (Å²) >= 11 is 0. The van der Waals surface area contributed by atoms with Gasteiger partial charge in [-0.15, -0.1) is 12.4 Å².